The lowest BCUT2D eigenvalue weighted by molar-refractivity contribution is -0.121. The van der Waals surface area contributed by atoms with Crippen molar-refractivity contribution >= 4 is 30.7 Å². The molecular weight excluding hydrogens is 261 g/mol. The van der Waals surface area contributed by atoms with Gasteiger partial charge in [0.15, 0.2) is 0 Å². The van der Waals surface area contributed by atoms with Crippen molar-refractivity contribution in [3.63, 3.8) is 0 Å². The van der Waals surface area contributed by atoms with Crippen molar-refractivity contribution in [3.05, 3.63) is 30.1 Å². The average Bonchev–Trinajstić information content (AvgIpc) is 2.28. The molecule has 0 atom stereocenters. The molecule has 0 aliphatic heterocycles. The third-order valence-corrected chi connectivity index (χ3v) is 2.07. The molecule has 0 aliphatic carbocycles. The van der Waals surface area contributed by atoms with Crippen LogP contribution in [0.25, 0.3) is 0 Å². The molecular formula is C11H19Cl2N3O. The highest BCUT2D eigenvalue weighted by Crippen LogP contribution is 1.95. The van der Waals surface area contributed by atoms with E-state index in [2.05, 4.69) is 15.6 Å². The predicted octanol–water partition coefficient (Wildman–Crippen LogP) is 1.54. The van der Waals surface area contributed by atoms with Crippen molar-refractivity contribution in [2.45, 2.75) is 19.4 Å². The Morgan fingerprint density at radius 3 is 2.53 bits per heavy atom. The van der Waals surface area contributed by atoms with Crippen LogP contribution in [0.3, 0.4) is 0 Å². The fourth-order valence-electron chi connectivity index (χ4n) is 1.22. The van der Waals surface area contributed by atoms with Crippen LogP contribution in [-0.2, 0) is 11.3 Å². The van der Waals surface area contributed by atoms with Gasteiger partial charge in [0.25, 0.3) is 0 Å². The summed E-state index contributed by atoms with van der Waals surface area (Å²) in [7, 11) is 1.88. The van der Waals surface area contributed by atoms with Gasteiger partial charge in [-0.15, -0.1) is 24.8 Å². The Kier molecular flexibility index (Phi) is 12.7. The molecule has 1 aromatic heterocycles. The van der Waals surface area contributed by atoms with E-state index in [0.717, 1.165) is 18.5 Å². The topological polar surface area (TPSA) is 54.0 Å². The van der Waals surface area contributed by atoms with Crippen LogP contribution in [0.15, 0.2) is 24.5 Å². The van der Waals surface area contributed by atoms with E-state index in [-0.39, 0.29) is 30.7 Å². The van der Waals surface area contributed by atoms with Crippen LogP contribution >= 0.6 is 24.8 Å². The van der Waals surface area contributed by atoms with Gasteiger partial charge in [-0.2, -0.15) is 0 Å². The van der Waals surface area contributed by atoms with Gasteiger partial charge in [0.05, 0.1) is 0 Å². The number of carbonyl (C=O) groups is 1. The normalized spacial score (nSPS) is 8.76. The van der Waals surface area contributed by atoms with Gasteiger partial charge in [-0.05, 0) is 37.7 Å². The Labute approximate surface area is 114 Å². The lowest BCUT2D eigenvalue weighted by atomic mass is 10.2. The Hall–Kier alpha value is -0.840. The summed E-state index contributed by atoms with van der Waals surface area (Å²) >= 11 is 0. The molecule has 17 heavy (non-hydrogen) atoms. The fraction of sp³-hybridized carbons (Fsp3) is 0.455. The van der Waals surface area contributed by atoms with Crippen LogP contribution in [0, 0.1) is 0 Å². The molecule has 0 radical (unpaired) electrons. The van der Waals surface area contributed by atoms with E-state index >= 15 is 0 Å². The summed E-state index contributed by atoms with van der Waals surface area (Å²) in [5.74, 6) is 0.0991. The molecule has 0 spiro atoms. The number of aromatic nitrogens is 1. The highest BCUT2D eigenvalue weighted by atomic mass is 35.5. The molecule has 1 rings (SSSR count). The average molecular weight is 280 g/mol. The first-order chi connectivity index (χ1) is 7.33. The zero-order valence-corrected chi connectivity index (χ0v) is 11.4. The van der Waals surface area contributed by atoms with Crippen molar-refractivity contribution < 1.29 is 4.79 Å². The Morgan fingerprint density at radius 1 is 1.29 bits per heavy atom. The Morgan fingerprint density at radius 2 is 1.94 bits per heavy atom. The first kappa shape index (κ1) is 18.5. The van der Waals surface area contributed by atoms with Crippen LogP contribution in [0.2, 0.25) is 0 Å². The Bertz CT molecular complexity index is 296. The number of hydrogen-bond acceptors (Lipinski definition) is 3. The first-order valence-electron chi connectivity index (χ1n) is 5.13. The van der Waals surface area contributed by atoms with Crippen LogP contribution in [-0.4, -0.2) is 24.5 Å². The molecule has 1 heterocycles. The number of carbonyl (C=O) groups excluding carboxylic acids is 1. The number of halogens is 2. The minimum atomic E-state index is 0. The number of amides is 1. The third-order valence-electron chi connectivity index (χ3n) is 2.07. The first-order valence-corrected chi connectivity index (χ1v) is 5.13. The van der Waals surface area contributed by atoms with Gasteiger partial charge in [0.2, 0.25) is 5.91 Å². The van der Waals surface area contributed by atoms with E-state index in [4.69, 9.17) is 0 Å². The van der Waals surface area contributed by atoms with E-state index in [0.29, 0.717) is 13.0 Å². The van der Waals surface area contributed by atoms with Gasteiger partial charge in [0.1, 0.15) is 0 Å². The fourth-order valence-corrected chi connectivity index (χ4v) is 1.22. The maximum atomic E-state index is 11.3. The third kappa shape index (κ3) is 8.92. The van der Waals surface area contributed by atoms with Gasteiger partial charge < -0.3 is 10.6 Å². The summed E-state index contributed by atoms with van der Waals surface area (Å²) in [5, 5.41) is 5.87. The zero-order valence-electron chi connectivity index (χ0n) is 9.81. The second-order valence-corrected chi connectivity index (χ2v) is 3.34. The quantitative estimate of drug-likeness (QED) is 0.777. The van der Waals surface area contributed by atoms with E-state index in [1.54, 1.807) is 12.4 Å². The van der Waals surface area contributed by atoms with Crippen molar-refractivity contribution in [2.75, 3.05) is 13.6 Å². The molecule has 0 fully saturated rings. The molecule has 2 N–H and O–H groups in total. The molecule has 1 amide bonds. The molecule has 0 aliphatic rings. The largest absolute Gasteiger partial charge is 0.352 e. The lowest BCUT2D eigenvalue weighted by Crippen LogP contribution is -2.23. The summed E-state index contributed by atoms with van der Waals surface area (Å²) < 4.78 is 0. The van der Waals surface area contributed by atoms with Crippen molar-refractivity contribution in [1.82, 2.24) is 15.6 Å². The van der Waals surface area contributed by atoms with Crippen LogP contribution in [0.1, 0.15) is 18.4 Å². The summed E-state index contributed by atoms with van der Waals surface area (Å²) in [6.07, 6.45) is 4.90. The van der Waals surface area contributed by atoms with Gasteiger partial charge in [-0.1, -0.05) is 0 Å². The van der Waals surface area contributed by atoms with Crippen LogP contribution < -0.4 is 10.6 Å². The highest BCUT2D eigenvalue weighted by Gasteiger charge is 1.99. The number of pyridine rings is 1. The van der Waals surface area contributed by atoms with E-state index in [9.17, 15) is 4.79 Å². The number of nitrogens with zero attached hydrogens (tertiary/aromatic N) is 1. The SMILES string of the molecule is CNCCCC(=O)NCc1ccncc1.Cl.Cl. The molecule has 0 bridgehead atoms. The smallest absolute Gasteiger partial charge is 0.220 e. The maximum absolute atomic E-state index is 11.3. The molecule has 0 aromatic carbocycles. The molecule has 0 saturated heterocycles. The standard InChI is InChI=1S/C11H17N3O.2ClH/c1-12-6-2-3-11(15)14-9-10-4-7-13-8-5-10;;/h4-5,7-8,12H,2-3,6,9H2,1H3,(H,14,15);2*1H. The molecule has 1 aromatic rings. The maximum Gasteiger partial charge on any atom is 0.220 e. The molecule has 6 heteroatoms. The monoisotopic (exact) mass is 279 g/mol. The van der Waals surface area contributed by atoms with Gasteiger partial charge in [0, 0.05) is 25.4 Å². The predicted molar refractivity (Wildman–Crippen MR) is 73.7 cm³/mol. The van der Waals surface area contributed by atoms with Crippen LogP contribution in [0.4, 0.5) is 0 Å². The van der Waals surface area contributed by atoms with Crippen LogP contribution in [0.5, 0.6) is 0 Å². The van der Waals surface area contributed by atoms with Gasteiger partial charge in [-0.3, -0.25) is 9.78 Å². The van der Waals surface area contributed by atoms with Gasteiger partial charge in [-0.25, -0.2) is 0 Å². The number of hydrogen-bond donors (Lipinski definition) is 2. The second kappa shape index (κ2) is 11.6. The second-order valence-electron chi connectivity index (χ2n) is 3.34. The minimum Gasteiger partial charge on any atom is -0.352 e. The molecule has 98 valence electrons. The van der Waals surface area contributed by atoms with Crippen molar-refractivity contribution in [3.8, 4) is 0 Å². The van der Waals surface area contributed by atoms with Crippen molar-refractivity contribution in [2.24, 2.45) is 0 Å². The summed E-state index contributed by atoms with van der Waals surface area (Å²) in [6, 6.07) is 3.79. The van der Waals surface area contributed by atoms with E-state index < -0.39 is 0 Å². The summed E-state index contributed by atoms with van der Waals surface area (Å²) in [5.41, 5.74) is 1.08. The summed E-state index contributed by atoms with van der Waals surface area (Å²) in [6.45, 7) is 1.46. The molecule has 4 nitrogen and oxygen atoms in total. The minimum absolute atomic E-state index is 0. The number of nitrogens with one attached hydrogen (secondary N) is 2. The molecule has 0 unspecified atom stereocenters. The Balaban J connectivity index is 0. The number of rotatable bonds is 6. The molecule has 0 saturated carbocycles. The van der Waals surface area contributed by atoms with E-state index in [1.807, 2.05) is 19.2 Å². The zero-order chi connectivity index (χ0) is 10.9. The van der Waals surface area contributed by atoms with Crippen molar-refractivity contribution in [1.29, 1.82) is 0 Å². The van der Waals surface area contributed by atoms with Gasteiger partial charge >= 0.3 is 0 Å². The highest BCUT2D eigenvalue weighted by molar-refractivity contribution is 5.85. The summed E-state index contributed by atoms with van der Waals surface area (Å²) in [4.78, 5) is 15.2. The van der Waals surface area contributed by atoms with E-state index in [1.165, 1.54) is 0 Å². The lowest BCUT2D eigenvalue weighted by Gasteiger charge is -2.04.